The van der Waals surface area contributed by atoms with E-state index in [2.05, 4.69) is 21.7 Å². The van der Waals surface area contributed by atoms with Crippen molar-refractivity contribution in [3.8, 4) is 11.1 Å². The summed E-state index contributed by atoms with van der Waals surface area (Å²) in [6.07, 6.45) is 5.99. The first kappa shape index (κ1) is 17.5. The minimum atomic E-state index is 0.145. The molecule has 0 atom stereocenters. The third kappa shape index (κ3) is 3.95. The van der Waals surface area contributed by atoms with Crippen LogP contribution in [0.25, 0.3) is 11.1 Å². The van der Waals surface area contributed by atoms with Gasteiger partial charge in [0.15, 0.2) is 0 Å². The lowest BCUT2D eigenvalue weighted by Crippen LogP contribution is -2.39. The third-order valence-electron chi connectivity index (χ3n) is 5.52. The lowest BCUT2D eigenvalue weighted by atomic mass is 9.96. The van der Waals surface area contributed by atoms with Crippen molar-refractivity contribution in [1.29, 1.82) is 0 Å². The predicted octanol–water partition coefficient (Wildman–Crippen LogP) is 4.41. The van der Waals surface area contributed by atoms with E-state index in [1.165, 1.54) is 5.56 Å². The zero-order chi connectivity index (χ0) is 18.6. The van der Waals surface area contributed by atoms with Crippen molar-refractivity contribution in [3.05, 3.63) is 78.4 Å². The highest BCUT2D eigenvalue weighted by Gasteiger charge is 2.24. The molecule has 0 aliphatic carbocycles. The molecular weight excluding hydrogens is 334 g/mol. The van der Waals surface area contributed by atoms with Crippen LogP contribution < -0.4 is 0 Å². The Kier molecular flexibility index (Phi) is 5.05. The molecule has 0 radical (unpaired) electrons. The number of likely N-dealkylation sites (tertiary alicyclic amines) is 1. The first-order chi connectivity index (χ1) is 13.2. The molecule has 4 nitrogen and oxygen atoms in total. The van der Waals surface area contributed by atoms with Crippen LogP contribution in [0.4, 0.5) is 0 Å². The molecule has 2 heterocycles. The summed E-state index contributed by atoms with van der Waals surface area (Å²) in [4.78, 5) is 19.1. The fraction of sp³-hybridized carbons (Fsp3) is 0.304. The minimum absolute atomic E-state index is 0.145. The summed E-state index contributed by atoms with van der Waals surface area (Å²) in [5.74, 6) is 1.82. The molecular formula is C23H25N3O. The number of hydrogen-bond donors (Lipinski definition) is 0. The van der Waals surface area contributed by atoms with Gasteiger partial charge < -0.3 is 9.47 Å². The maximum atomic E-state index is 12.8. The maximum Gasteiger partial charge on any atom is 0.253 e. The molecule has 27 heavy (non-hydrogen) atoms. The first-order valence-electron chi connectivity index (χ1n) is 9.63. The monoisotopic (exact) mass is 359 g/mol. The average molecular weight is 359 g/mol. The van der Waals surface area contributed by atoms with Crippen molar-refractivity contribution in [2.24, 2.45) is 5.92 Å². The van der Waals surface area contributed by atoms with Crippen LogP contribution in [0.3, 0.4) is 0 Å². The van der Waals surface area contributed by atoms with E-state index < -0.39 is 0 Å². The largest absolute Gasteiger partial charge is 0.339 e. The van der Waals surface area contributed by atoms with E-state index >= 15 is 0 Å². The summed E-state index contributed by atoms with van der Waals surface area (Å²) in [6, 6.07) is 18.2. The SMILES string of the molecule is Cc1nccn1CC1CCN(C(=O)c2ccc(-c3ccccc3)cc2)CC1. The van der Waals surface area contributed by atoms with Crippen molar-refractivity contribution in [3.63, 3.8) is 0 Å². The Labute approximate surface area is 160 Å². The van der Waals surface area contributed by atoms with E-state index in [1.54, 1.807) is 0 Å². The highest BCUT2D eigenvalue weighted by molar-refractivity contribution is 5.94. The van der Waals surface area contributed by atoms with Gasteiger partial charge in [0.1, 0.15) is 5.82 Å². The Morgan fingerprint density at radius 3 is 2.30 bits per heavy atom. The molecule has 1 aliphatic rings. The number of aromatic nitrogens is 2. The zero-order valence-corrected chi connectivity index (χ0v) is 15.7. The number of piperidine rings is 1. The van der Waals surface area contributed by atoms with E-state index in [-0.39, 0.29) is 5.91 Å². The maximum absolute atomic E-state index is 12.8. The van der Waals surface area contributed by atoms with Gasteiger partial charge >= 0.3 is 0 Å². The van der Waals surface area contributed by atoms with Gasteiger partial charge in [-0.05, 0) is 48.9 Å². The number of nitrogens with zero attached hydrogens (tertiary/aromatic N) is 3. The smallest absolute Gasteiger partial charge is 0.253 e. The topological polar surface area (TPSA) is 38.1 Å². The van der Waals surface area contributed by atoms with Gasteiger partial charge in [-0.2, -0.15) is 0 Å². The molecule has 138 valence electrons. The van der Waals surface area contributed by atoms with Crippen molar-refractivity contribution < 1.29 is 4.79 Å². The molecule has 1 amide bonds. The third-order valence-corrected chi connectivity index (χ3v) is 5.52. The predicted molar refractivity (Wildman–Crippen MR) is 107 cm³/mol. The standard InChI is InChI=1S/C23H25N3O/c1-18-24-13-16-26(18)17-19-11-14-25(15-12-19)23(27)22-9-7-21(8-10-22)20-5-3-2-4-6-20/h2-10,13,16,19H,11-12,14-15,17H2,1H3. The molecule has 0 saturated carbocycles. The first-order valence-corrected chi connectivity index (χ1v) is 9.63. The molecule has 0 spiro atoms. The molecule has 0 unspecified atom stereocenters. The van der Waals surface area contributed by atoms with Gasteiger partial charge in [-0.25, -0.2) is 4.98 Å². The van der Waals surface area contributed by atoms with Crippen LogP contribution in [0.2, 0.25) is 0 Å². The average Bonchev–Trinajstić information content (AvgIpc) is 3.13. The van der Waals surface area contributed by atoms with Crippen molar-refractivity contribution in [2.45, 2.75) is 26.3 Å². The number of benzene rings is 2. The van der Waals surface area contributed by atoms with E-state index in [9.17, 15) is 4.79 Å². The van der Waals surface area contributed by atoms with Gasteiger partial charge in [-0.15, -0.1) is 0 Å². The summed E-state index contributed by atoms with van der Waals surface area (Å²) in [7, 11) is 0. The summed E-state index contributed by atoms with van der Waals surface area (Å²) < 4.78 is 2.21. The van der Waals surface area contributed by atoms with E-state index in [0.29, 0.717) is 5.92 Å². The highest BCUT2D eigenvalue weighted by atomic mass is 16.2. The van der Waals surface area contributed by atoms with Gasteiger partial charge in [-0.3, -0.25) is 4.79 Å². The fourth-order valence-corrected chi connectivity index (χ4v) is 3.81. The van der Waals surface area contributed by atoms with Gasteiger partial charge in [0, 0.05) is 37.6 Å². The number of aryl methyl sites for hydroxylation is 1. The van der Waals surface area contributed by atoms with Gasteiger partial charge in [0.05, 0.1) is 0 Å². The Morgan fingerprint density at radius 2 is 1.67 bits per heavy atom. The second kappa shape index (κ2) is 7.78. The second-order valence-corrected chi connectivity index (χ2v) is 7.31. The van der Waals surface area contributed by atoms with Crippen LogP contribution in [0.15, 0.2) is 67.0 Å². The molecule has 1 saturated heterocycles. The van der Waals surface area contributed by atoms with Gasteiger partial charge in [0.2, 0.25) is 0 Å². The molecule has 4 rings (SSSR count). The van der Waals surface area contributed by atoms with E-state index in [0.717, 1.165) is 49.4 Å². The molecule has 1 aromatic heterocycles. The van der Waals surface area contributed by atoms with Crippen molar-refractivity contribution in [2.75, 3.05) is 13.1 Å². The zero-order valence-electron chi connectivity index (χ0n) is 15.7. The number of imidazole rings is 1. The summed E-state index contributed by atoms with van der Waals surface area (Å²) in [5, 5.41) is 0. The molecule has 4 heteroatoms. The molecule has 0 N–H and O–H groups in total. The second-order valence-electron chi connectivity index (χ2n) is 7.31. The van der Waals surface area contributed by atoms with Gasteiger partial charge in [0.25, 0.3) is 5.91 Å². The Balaban J connectivity index is 1.36. The van der Waals surface area contributed by atoms with E-state index in [1.807, 2.05) is 66.7 Å². The van der Waals surface area contributed by atoms with Crippen LogP contribution >= 0.6 is 0 Å². The van der Waals surface area contributed by atoms with E-state index in [4.69, 9.17) is 0 Å². The van der Waals surface area contributed by atoms with Crippen LogP contribution in [0, 0.1) is 12.8 Å². The summed E-state index contributed by atoms with van der Waals surface area (Å²) in [6.45, 7) is 4.70. The number of carbonyl (C=O) groups excluding carboxylic acids is 1. The number of rotatable bonds is 4. The molecule has 1 fully saturated rings. The summed E-state index contributed by atoms with van der Waals surface area (Å²) >= 11 is 0. The fourth-order valence-electron chi connectivity index (χ4n) is 3.81. The van der Waals surface area contributed by atoms with Crippen LogP contribution in [-0.4, -0.2) is 33.4 Å². The Hall–Kier alpha value is -2.88. The van der Waals surface area contributed by atoms with Crippen molar-refractivity contribution >= 4 is 5.91 Å². The Morgan fingerprint density at radius 1 is 1.00 bits per heavy atom. The quantitative estimate of drug-likeness (QED) is 0.692. The molecule has 0 bridgehead atoms. The minimum Gasteiger partial charge on any atom is -0.339 e. The molecule has 1 aliphatic heterocycles. The Bertz CT molecular complexity index is 891. The lowest BCUT2D eigenvalue weighted by Gasteiger charge is -2.32. The van der Waals surface area contributed by atoms with Crippen LogP contribution in [0.1, 0.15) is 29.0 Å². The van der Waals surface area contributed by atoms with Crippen molar-refractivity contribution in [1.82, 2.24) is 14.5 Å². The summed E-state index contributed by atoms with van der Waals surface area (Å²) in [5.41, 5.74) is 3.09. The number of amides is 1. The molecule has 2 aromatic carbocycles. The number of carbonyl (C=O) groups is 1. The highest BCUT2D eigenvalue weighted by Crippen LogP contribution is 2.23. The lowest BCUT2D eigenvalue weighted by molar-refractivity contribution is 0.0682. The number of hydrogen-bond acceptors (Lipinski definition) is 2. The molecule has 3 aromatic rings. The normalized spacial score (nSPS) is 15.1. The van der Waals surface area contributed by atoms with Gasteiger partial charge in [-0.1, -0.05) is 42.5 Å². The van der Waals surface area contributed by atoms with Crippen LogP contribution in [-0.2, 0) is 6.54 Å². The van der Waals surface area contributed by atoms with Crippen LogP contribution in [0.5, 0.6) is 0 Å².